The number of fused-ring (bicyclic) bond motifs is 2. The number of rotatable bonds is 4. The summed E-state index contributed by atoms with van der Waals surface area (Å²) in [6.45, 7) is 2.02. The van der Waals surface area contributed by atoms with E-state index in [1.54, 1.807) is 12.3 Å². The Morgan fingerprint density at radius 1 is 1.21 bits per heavy atom. The molecule has 2 aromatic carbocycles. The van der Waals surface area contributed by atoms with Crippen LogP contribution >= 0.6 is 0 Å². The van der Waals surface area contributed by atoms with Crippen LogP contribution in [0.2, 0.25) is 0 Å². The summed E-state index contributed by atoms with van der Waals surface area (Å²) < 4.78 is 17.9. The average Bonchev–Trinajstić information content (AvgIpc) is 2.55. The van der Waals surface area contributed by atoms with Crippen LogP contribution in [0, 0.1) is 0 Å². The molecule has 6 heteroatoms. The number of aromatic carboxylic acids is 1. The van der Waals surface area contributed by atoms with E-state index in [-0.39, 0.29) is 22.0 Å². The lowest BCUT2D eigenvalue weighted by Gasteiger charge is -2.08. The highest BCUT2D eigenvalue weighted by Crippen LogP contribution is 2.26. The molecule has 1 N–H and O–H groups in total. The standard InChI is InChI=1S/C18H16O5S/c1-3-4-10-7-13-16(19)12-9-11(18(20)21)5-6-14(12)23-17(13)15(8-10)24(2)22/h5-9H,3-4H2,1-2H3,(H,20,21). The van der Waals surface area contributed by atoms with Crippen LogP contribution in [-0.4, -0.2) is 21.5 Å². The van der Waals surface area contributed by atoms with Gasteiger partial charge in [-0.15, -0.1) is 0 Å². The predicted molar refractivity (Wildman–Crippen MR) is 93.3 cm³/mol. The van der Waals surface area contributed by atoms with Crippen LogP contribution in [0.1, 0.15) is 29.3 Å². The second-order valence-corrected chi connectivity index (χ2v) is 6.97. The molecule has 3 rings (SSSR count). The number of carbonyl (C=O) groups is 1. The molecule has 5 nitrogen and oxygen atoms in total. The third-order valence-corrected chi connectivity index (χ3v) is 4.81. The van der Waals surface area contributed by atoms with Gasteiger partial charge in [-0.2, -0.15) is 0 Å². The fraction of sp³-hybridized carbons (Fsp3) is 0.222. The summed E-state index contributed by atoms with van der Waals surface area (Å²) in [6.07, 6.45) is 3.19. The molecule has 0 saturated heterocycles. The number of carboxylic acids is 1. The van der Waals surface area contributed by atoms with Gasteiger partial charge < -0.3 is 9.52 Å². The Morgan fingerprint density at radius 2 is 1.96 bits per heavy atom. The van der Waals surface area contributed by atoms with Crippen molar-refractivity contribution in [1.29, 1.82) is 0 Å². The van der Waals surface area contributed by atoms with Gasteiger partial charge in [0.05, 0.1) is 32.0 Å². The van der Waals surface area contributed by atoms with Crippen molar-refractivity contribution in [1.82, 2.24) is 0 Å². The molecule has 0 spiro atoms. The summed E-state index contributed by atoms with van der Waals surface area (Å²) in [7, 11) is -1.31. The highest BCUT2D eigenvalue weighted by Gasteiger charge is 2.16. The van der Waals surface area contributed by atoms with Crippen molar-refractivity contribution in [3.05, 3.63) is 51.7 Å². The normalized spacial score (nSPS) is 12.6. The summed E-state index contributed by atoms with van der Waals surface area (Å²) in [4.78, 5) is 24.5. The third-order valence-electron chi connectivity index (χ3n) is 3.89. The summed E-state index contributed by atoms with van der Waals surface area (Å²) in [5.41, 5.74) is 1.22. The number of benzene rings is 2. The zero-order valence-corrected chi connectivity index (χ0v) is 14.1. The summed E-state index contributed by atoms with van der Waals surface area (Å²) in [5, 5.41) is 9.65. The zero-order chi connectivity index (χ0) is 17.4. The molecule has 0 saturated carbocycles. The van der Waals surface area contributed by atoms with Crippen molar-refractivity contribution in [2.75, 3.05) is 6.26 Å². The van der Waals surface area contributed by atoms with E-state index in [2.05, 4.69) is 0 Å². The molecule has 0 bridgehead atoms. The van der Waals surface area contributed by atoms with E-state index in [1.807, 2.05) is 13.0 Å². The monoisotopic (exact) mass is 344 g/mol. The summed E-state index contributed by atoms with van der Waals surface area (Å²) >= 11 is 0. The lowest BCUT2D eigenvalue weighted by Crippen LogP contribution is -2.07. The molecule has 0 fully saturated rings. The largest absolute Gasteiger partial charge is 0.478 e. The zero-order valence-electron chi connectivity index (χ0n) is 13.3. The van der Waals surface area contributed by atoms with Gasteiger partial charge in [0, 0.05) is 6.26 Å². The first-order valence-corrected chi connectivity index (χ1v) is 9.08. The van der Waals surface area contributed by atoms with E-state index in [4.69, 9.17) is 9.52 Å². The van der Waals surface area contributed by atoms with Gasteiger partial charge in [0.1, 0.15) is 5.58 Å². The second kappa shape index (κ2) is 6.20. The predicted octanol–water partition coefficient (Wildman–Crippen LogP) is 3.33. The van der Waals surface area contributed by atoms with Crippen molar-refractivity contribution in [2.24, 2.45) is 0 Å². The Morgan fingerprint density at radius 3 is 2.58 bits per heavy atom. The quantitative estimate of drug-likeness (QED) is 0.734. The lowest BCUT2D eigenvalue weighted by atomic mass is 10.0. The fourth-order valence-corrected chi connectivity index (χ4v) is 3.49. The molecule has 0 aliphatic rings. The van der Waals surface area contributed by atoms with Crippen LogP contribution < -0.4 is 5.43 Å². The molecule has 0 aliphatic carbocycles. The number of carboxylic acid groups (broad SMARTS) is 1. The molecule has 24 heavy (non-hydrogen) atoms. The first-order valence-electron chi connectivity index (χ1n) is 7.52. The molecule has 1 atom stereocenters. The van der Waals surface area contributed by atoms with Gasteiger partial charge in [0.25, 0.3) is 0 Å². The average molecular weight is 344 g/mol. The van der Waals surface area contributed by atoms with Crippen LogP contribution in [0.4, 0.5) is 0 Å². The Balaban J connectivity index is 2.45. The van der Waals surface area contributed by atoms with E-state index >= 15 is 0 Å². The first kappa shape index (κ1) is 16.4. The van der Waals surface area contributed by atoms with Gasteiger partial charge in [0.15, 0.2) is 5.58 Å². The highest BCUT2D eigenvalue weighted by molar-refractivity contribution is 7.84. The van der Waals surface area contributed by atoms with Gasteiger partial charge in [-0.25, -0.2) is 4.79 Å². The highest BCUT2D eigenvalue weighted by atomic mass is 32.2. The molecule has 1 aromatic heterocycles. The van der Waals surface area contributed by atoms with Gasteiger partial charge in [0.2, 0.25) is 5.43 Å². The Bertz CT molecular complexity index is 1050. The lowest BCUT2D eigenvalue weighted by molar-refractivity contribution is 0.0697. The second-order valence-electron chi connectivity index (χ2n) is 5.62. The van der Waals surface area contributed by atoms with Crippen molar-refractivity contribution < 1.29 is 18.5 Å². The van der Waals surface area contributed by atoms with Crippen molar-refractivity contribution in [2.45, 2.75) is 24.7 Å². The van der Waals surface area contributed by atoms with Crippen LogP contribution in [0.3, 0.4) is 0 Å². The maximum absolute atomic E-state index is 12.8. The molecular formula is C18H16O5S. The third kappa shape index (κ3) is 2.73. The molecular weight excluding hydrogens is 328 g/mol. The van der Waals surface area contributed by atoms with Gasteiger partial charge in [-0.3, -0.25) is 9.00 Å². The van der Waals surface area contributed by atoms with Crippen molar-refractivity contribution in [3.8, 4) is 0 Å². The maximum atomic E-state index is 12.8. The van der Waals surface area contributed by atoms with E-state index < -0.39 is 16.8 Å². The van der Waals surface area contributed by atoms with Crippen LogP contribution in [-0.2, 0) is 17.2 Å². The topological polar surface area (TPSA) is 84.6 Å². The molecule has 1 unspecified atom stereocenters. The first-order chi connectivity index (χ1) is 11.4. The minimum atomic E-state index is -1.31. The Hall–Kier alpha value is -2.47. The smallest absolute Gasteiger partial charge is 0.335 e. The summed E-state index contributed by atoms with van der Waals surface area (Å²) in [5.74, 6) is -1.11. The van der Waals surface area contributed by atoms with E-state index in [0.717, 1.165) is 18.4 Å². The number of aryl methyl sites for hydroxylation is 1. The van der Waals surface area contributed by atoms with Crippen LogP contribution in [0.15, 0.2) is 44.4 Å². The molecule has 0 radical (unpaired) electrons. The Labute approximate surface area is 140 Å². The molecule has 0 amide bonds. The molecule has 3 aromatic rings. The van der Waals surface area contributed by atoms with E-state index in [9.17, 15) is 13.8 Å². The Kier molecular flexibility index (Phi) is 4.24. The van der Waals surface area contributed by atoms with Crippen molar-refractivity contribution in [3.63, 3.8) is 0 Å². The SMILES string of the molecule is CCCc1cc(S(C)=O)c2oc3ccc(C(=O)O)cc3c(=O)c2c1. The van der Waals surface area contributed by atoms with Gasteiger partial charge in [-0.05, 0) is 42.3 Å². The fourth-order valence-electron chi connectivity index (χ4n) is 2.76. The number of hydrogen-bond acceptors (Lipinski definition) is 4. The summed E-state index contributed by atoms with van der Waals surface area (Å²) in [6, 6.07) is 7.71. The molecule has 124 valence electrons. The molecule has 0 aliphatic heterocycles. The maximum Gasteiger partial charge on any atom is 0.335 e. The number of hydrogen-bond donors (Lipinski definition) is 1. The van der Waals surface area contributed by atoms with Crippen LogP contribution in [0.5, 0.6) is 0 Å². The van der Waals surface area contributed by atoms with Gasteiger partial charge in [-0.1, -0.05) is 13.3 Å². The molecule has 1 heterocycles. The van der Waals surface area contributed by atoms with Crippen molar-refractivity contribution >= 4 is 38.7 Å². The van der Waals surface area contributed by atoms with Gasteiger partial charge >= 0.3 is 5.97 Å². The van der Waals surface area contributed by atoms with Crippen LogP contribution in [0.25, 0.3) is 21.9 Å². The minimum Gasteiger partial charge on any atom is -0.478 e. The van der Waals surface area contributed by atoms with E-state index in [1.165, 1.54) is 18.2 Å². The minimum absolute atomic E-state index is 0.0261. The van der Waals surface area contributed by atoms with E-state index in [0.29, 0.717) is 15.9 Å².